The van der Waals surface area contributed by atoms with Crippen molar-refractivity contribution >= 4 is 45.9 Å². The zero-order valence-electron chi connectivity index (χ0n) is 21.9. The van der Waals surface area contributed by atoms with Crippen molar-refractivity contribution < 1.29 is 13.3 Å². The van der Waals surface area contributed by atoms with E-state index >= 15 is 0 Å². The molecule has 0 aliphatic heterocycles. The molecule has 3 nitrogen and oxygen atoms in total. The summed E-state index contributed by atoms with van der Waals surface area (Å²) in [5.41, 5.74) is 0. The van der Waals surface area contributed by atoms with E-state index in [1.807, 2.05) is 0 Å². The summed E-state index contributed by atoms with van der Waals surface area (Å²) in [6.07, 6.45) is 0. The van der Waals surface area contributed by atoms with Gasteiger partial charge in [0.1, 0.15) is 0 Å². The molecule has 0 saturated heterocycles. The molecule has 37 heavy (non-hydrogen) atoms. The molecule has 0 saturated carbocycles. The van der Waals surface area contributed by atoms with Gasteiger partial charge in [0.25, 0.3) is 0 Å². The van der Waals surface area contributed by atoms with Crippen LogP contribution in [-0.4, -0.2) is 33.6 Å². The van der Waals surface area contributed by atoms with Crippen molar-refractivity contribution in [2.24, 2.45) is 0 Å². The average Bonchev–Trinajstić information content (AvgIpc) is 2.95. The highest BCUT2D eigenvalue weighted by Gasteiger charge is 2.57. The molecule has 4 rings (SSSR count). The maximum absolute atomic E-state index is 6.75. The van der Waals surface area contributed by atoms with E-state index in [0.29, 0.717) is 19.8 Å². The summed E-state index contributed by atoms with van der Waals surface area (Å²) in [4.78, 5) is 0. The van der Waals surface area contributed by atoms with Crippen LogP contribution in [0.1, 0.15) is 20.8 Å². The van der Waals surface area contributed by atoms with Crippen LogP contribution >= 0.6 is 15.8 Å². The van der Waals surface area contributed by atoms with Gasteiger partial charge in [-0.15, -0.1) is 0 Å². The molecule has 0 amide bonds. The lowest BCUT2D eigenvalue weighted by Crippen LogP contribution is -2.58. The second kappa shape index (κ2) is 14.1. The Labute approximate surface area is 225 Å². The third kappa shape index (κ3) is 6.65. The molecule has 0 aromatic heterocycles. The molecule has 0 spiro atoms. The largest absolute Gasteiger partial charge is 0.514 e. The van der Waals surface area contributed by atoms with Gasteiger partial charge in [0, 0.05) is 19.8 Å². The Kier molecular flexibility index (Phi) is 10.6. The maximum atomic E-state index is 6.75. The first-order valence-corrected chi connectivity index (χ1v) is 17.6. The smallest absolute Gasteiger partial charge is 0.373 e. The van der Waals surface area contributed by atoms with Gasteiger partial charge in [-0.2, -0.15) is 0 Å². The SMILES string of the molecule is CCO[Si](OCC)(OCC)C(P(c1ccccc1)c1ccccc1)P(c1ccccc1)c1ccccc1. The molecular weight excluding hydrogens is 510 g/mol. The summed E-state index contributed by atoms with van der Waals surface area (Å²) in [7, 11) is -5.04. The van der Waals surface area contributed by atoms with E-state index in [0.717, 1.165) is 0 Å². The first kappa shape index (κ1) is 27.9. The van der Waals surface area contributed by atoms with E-state index < -0.39 is 24.6 Å². The molecular formula is C31H36O3P2Si. The summed E-state index contributed by atoms with van der Waals surface area (Å²) in [5, 5.41) is 5.26. The number of hydrogen-bond acceptors (Lipinski definition) is 3. The first-order valence-electron chi connectivity index (χ1n) is 12.9. The van der Waals surface area contributed by atoms with Gasteiger partial charge in [-0.25, -0.2) is 0 Å². The van der Waals surface area contributed by atoms with Crippen LogP contribution in [0, 0.1) is 0 Å². The summed E-state index contributed by atoms with van der Waals surface area (Å²) in [6, 6.07) is 43.6. The Morgan fingerprint density at radius 2 is 0.703 bits per heavy atom. The Bertz CT molecular complexity index is 1000. The van der Waals surface area contributed by atoms with Crippen LogP contribution in [0.15, 0.2) is 121 Å². The van der Waals surface area contributed by atoms with Gasteiger partial charge in [-0.3, -0.25) is 0 Å². The van der Waals surface area contributed by atoms with Crippen molar-refractivity contribution in [2.45, 2.75) is 25.8 Å². The molecule has 0 N–H and O–H groups in total. The zero-order valence-corrected chi connectivity index (χ0v) is 24.7. The second-order valence-electron chi connectivity index (χ2n) is 8.36. The molecule has 192 valence electrons. The van der Waals surface area contributed by atoms with E-state index in [-0.39, 0.29) is 5.02 Å². The highest BCUT2D eigenvalue weighted by Crippen LogP contribution is 2.60. The topological polar surface area (TPSA) is 27.7 Å². The van der Waals surface area contributed by atoms with Gasteiger partial charge in [-0.1, -0.05) is 121 Å². The monoisotopic (exact) mass is 546 g/mol. The van der Waals surface area contributed by atoms with Crippen LogP contribution in [-0.2, 0) is 13.3 Å². The van der Waals surface area contributed by atoms with Crippen molar-refractivity contribution in [2.75, 3.05) is 19.8 Å². The van der Waals surface area contributed by atoms with E-state index in [1.165, 1.54) is 21.2 Å². The minimum Gasteiger partial charge on any atom is -0.373 e. The Hall–Kier alpha value is -2.16. The average molecular weight is 547 g/mol. The maximum Gasteiger partial charge on any atom is 0.514 e. The molecule has 6 heteroatoms. The predicted octanol–water partition coefficient (Wildman–Crippen LogP) is 6.17. The quantitative estimate of drug-likeness (QED) is 0.148. The molecule has 0 atom stereocenters. The molecule has 4 aromatic carbocycles. The fourth-order valence-corrected chi connectivity index (χ4v) is 18.4. The Morgan fingerprint density at radius 3 is 0.919 bits per heavy atom. The molecule has 0 fully saturated rings. The first-order chi connectivity index (χ1) is 18.2. The van der Waals surface area contributed by atoms with Crippen LogP contribution in [0.2, 0.25) is 0 Å². The summed E-state index contributed by atoms with van der Waals surface area (Å²) in [6.45, 7) is 7.79. The van der Waals surface area contributed by atoms with Gasteiger partial charge in [0.15, 0.2) is 0 Å². The summed E-state index contributed by atoms with van der Waals surface area (Å²) >= 11 is 0. The lowest BCUT2D eigenvalue weighted by Gasteiger charge is -2.44. The Morgan fingerprint density at radius 1 is 0.459 bits per heavy atom. The van der Waals surface area contributed by atoms with Gasteiger partial charge in [-0.05, 0) is 57.8 Å². The highest BCUT2D eigenvalue weighted by molar-refractivity contribution is 7.92. The summed E-state index contributed by atoms with van der Waals surface area (Å²) in [5.74, 6) is 0. The van der Waals surface area contributed by atoms with Crippen LogP contribution in [0.25, 0.3) is 0 Å². The zero-order chi connectivity index (χ0) is 25.9. The van der Waals surface area contributed by atoms with E-state index in [4.69, 9.17) is 13.3 Å². The van der Waals surface area contributed by atoms with Crippen molar-refractivity contribution in [3.8, 4) is 0 Å². The third-order valence-corrected chi connectivity index (χ3v) is 17.9. The Balaban J connectivity index is 2.07. The fourth-order valence-electron chi connectivity index (χ4n) is 4.60. The van der Waals surface area contributed by atoms with Crippen molar-refractivity contribution in [1.29, 1.82) is 0 Å². The molecule has 0 aliphatic rings. The van der Waals surface area contributed by atoms with Crippen LogP contribution in [0.3, 0.4) is 0 Å². The van der Waals surface area contributed by atoms with Crippen molar-refractivity contribution in [1.82, 2.24) is 0 Å². The van der Waals surface area contributed by atoms with Crippen molar-refractivity contribution in [3.05, 3.63) is 121 Å². The molecule has 0 radical (unpaired) electrons. The fraction of sp³-hybridized carbons (Fsp3) is 0.226. The van der Waals surface area contributed by atoms with Crippen molar-refractivity contribution in [3.63, 3.8) is 0 Å². The van der Waals surface area contributed by atoms with Crippen LogP contribution < -0.4 is 21.2 Å². The van der Waals surface area contributed by atoms with E-state index in [1.54, 1.807) is 0 Å². The molecule has 0 bridgehead atoms. The second-order valence-corrected chi connectivity index (χ2v) is 17.0. The molecule has 0 unspecified atom stereocenters. The molecule has 0 heterocycles. The lowest BCUT2D eigenvalue weighted by atomic mass is 10.4. The summed E-state index contributed by atoms with van der Waals surface area (Å²) < 4.78 is 20.2. The number of rotatable bonds is 13. The molecule has 4 aromatic rings. The van der Waals surface area contributed by atoms with Gasteiger partial charge >= 0.3 is 8.80 Å². The van der Waals surface area contributed by atoms with Gasteiger partial charge in [0.05, 0.1) is 5.02 Å². The van der Waals surface area contributed by atoms with Crippen LogP contribution in [0.5, 0.6) is 0 Å². The minimum absolute atomic E-state index is 0.0203. The lowest BCUT2D eigenvalue weighted by molar-refractivity contribution is 0.0746. The van der Waals surface area contributed by atoms with E-state index in [2.05, 4.69) is 142 Å². The minimum atomic E-state index is -3.22. The number of hydrogen-bond donors (Lipinski definition) is 0. The normalized spacial score (nSPS) is 11.9. The standard InChI is InChI=1S/C31H36O3P2Si/c1-4-32-37(33-5-2,34-6-3)31(35(27-19-11-7-12-20-27)28-21-13-8-14-22-28)36(29-23-15-9-16-24-29)30-25-17-10-18-26-30/h7-26,31H,4-6H2,1-3H3. The predicted molar refractivity (Wildman–Crippen MR) is 163 cm³/mol. The highest BCUT2D eigenvalue weighted by atomic mass is 31.2. The number of benzene rings is 4. The van der Waals surface area contributed by atoms with E-state index in [9.17, 15) is 0 Å². The van der Waals surface area contributed by atoms with Gasteiger partial charge < -0.3 is 13.3 Å². The van der Waals surface area contributed by atoms with Crippen LogP contribution in [0.4, 0.5) is 0 Å². The third-order valence-electron chi connectivity index (χ3n) is 5.98. The van der Waals surface area contributed by atoms with Gasteiger partial charge in [0.2, 0.25) is 0 Å². The molecule has 0 aliphatic carbocycles.